The van der Waals surface area contributed by atoms with Gasteiger partial charge in [0.05, 0.1) is 56.9 Å². The van der Waals surface area contributed by atoms with Crippen LogP contribution in [0.5, 0.6) is 57.5 Å². The lowest BCUT2D eigenvalue weighted by molar-refractivity contribution is -0.409. The van der Waals surface area contributed by atoms with Crippen molar-refractivity contribution < 1.29 is 94.2 Å². The average Bonchev–Trinajstić information content (AvgIpc) is 3.72. The highest BCUT2D eigenvalue weighted by Crippen LogP contribution is 2.49. The molecule has 0 saturated carbocycles. The van der Waals surface area contributed by atoms with Crippen molar-refractivity contribution in [3.05, 3.63) is 94.1 Å². The van der Waals surface area contributed by atoms with Crippen molar-refractivity contribution in [2.75, 3.05) is 56.9 Å². The molecule has 0 saturated heterocycles. The zero-order chi connectivity index (χ0) is 56.9. The fraction of sp³-hybridized carbons (Fsp3) is 0.441. The normalized spacial score (nSPS) is 13.7. The van der Waals surface area contributed by atoms with Gasteiger partial charge in [0.2, 0.25) is 11.5 Å². The van der Waals surface area contributed by atoms with E-state index in [4.69, 9.17) is 52.1 Å². The van der Waals surface area contributed by atoms with Crippen molar-refractivity contribution in [2.24, 2.45) is 11.8 Å². The lowest BCUT2D eigenvalue weighted by Gasteiger charge is -2.24. The standard InChI is InChI=1S/C32H41NO9.C27H33NO7.ClH/c1-18(2)14-24(33-31(36)42-32(3,4)5)30(35)41-26-15-19(10-13-25(26)37-6)22-16-20(34)11-12-21-23(22)17-27(38-7)29(40-9)28(21)39-8;1-15(2)11-21(28)27(30)35-23-12-16(7-10-22(23)31-3)19-13-17(29)8-9-18-20(19)14-24(32-4)26(34-6)25(18)33-5;/h10,13,15-18,24H,11-12,14H2,1-9H3,(H,33,36);7,10,12-15,21H,8-9,11,28H2,1-6H3;1H/t24-;21-;/m00./s1. The molecule has 0 fully saturated rings. The molecule has 0 unspecified atom stereocenters. The number of nitrogens with one attached hydrogen (secondary N) is 1. The molecule has 4 aromatic carbocycles. The van der Waals surface area contributed by atoms with Gasteiger partial charge in [0.1, 0.15) is 11.6 Å². The molecule has 2 atom stereocenters. The topological polar surface area (TPSA) is 227 Å². The molecule has 0 aliphatic heterocycles. The summed E-state index contributed by atoms with van der Waals surface area (Å²) < 4.78 is 61.4. The second kappa shape index (κ2) is 28.3. The van der Waals surface area contributed by atoms with Crippen LogP contribution in [0.3, 0.4) is 0 Å². The summed E-state index contributed by atoms with van der Waals surface area (Å²) in [5, 5.41) is 2.63. The summed E-state index contributed by atoms with van der Waals surface area (Å²) >= 11 is 0. The predicted octanol–water partition coefficient (Wildman–Crippen LogP) is 5.75. The number of allylic oxidation sites excluding steroid dienone is 2. The van der Waals surface area contributed by atoms with Gasteiger partial charge in [-0.15, -0.1) is 0 Å². The van der Waals surface area contributed by atoms with Gasteiger partial charge in [0, 0.05) is 30.4 Å². The molecule has 2 aliphatic carbocycles. The van der Waals surface area contributed by atoms with Crippen molar-refractivity contribution in [3.63, 3.8) is 0 Å². The highest BCUT2D eigenvalue weighted by molar-refractivity contribution is 6.04. The molecule has 4 N–H and O–H groups in total. The molecule has 18 nitrogen and oxygen atoms in total. The number of ether oxygens (including phenoxy) is 11. The molecule has 0 heterocycles. The molecule has 0 aromatic heterocycles. The zero-order valence-corrected chi connectivity index (χ0v) is 48.2. The van der Waals surface area contributed by atoms with E-state index in [0.29, 0.717) is 106 Å². The Morgan fingerprint density at radius 1 is 0.526 bits per heavy atom. The zero-order valence-electron chi connectivity index (χ0n) is 47.4. The minimum atomic E-state index is -0.964. The number of quaternary nitrogens is 1. The van der Waals surface area contributed by atoms with Crippen LogP contribution in [0, 0.1) is 11.8 Å². The summed E-state index contributed by atoms with van der Waals surface area (Å²) in [6.07, 6.45) is 4.89. The van der Waals surface area contributed by atoms with Crippen molar-refractivity contribution in [1.82, 2.24) is 5.32 Å². The number of rotatable bonds is 19. The maximum absolute atomic E-state index is 13.4. The highest BCUT2D eigenvalue weighted by atomic mass is 35.5. The average molecular weight is 1100 g/mol. The van der Waals surface area contributed by atoms with Crippen LogP contribution < -0.4 is 70.8 Å². The Balaban J connectivity index is 0.000000337. The van der Waals surface area contributed by atoms with Gasteiger partial charge >= 0.3 is 18.0 Å². The Hall–Kier alpha value is -7.44. The summed E-state index contributed by atoms with van der Waals surface area (Å²) in [5.74, 6) is 3.11. The third-order valence-electron chi connectivity index (χ3n) is 12.4. The molecule has 6 rings (SSSR count). The molecule has 424 valence electrons. The largest absolute Gasteiger partial charge is 1.00 e. The van der Waals surface area contributed by atoms with E-state index in [1.54, 1.807) is 90.7 Å². The number of methoxy groups -OCH3 is 8. The van der Waals surface area contributed by atoms with Gasteiger partial charge in [0.25, 0.3) is 0 Å². The number of fused-ring (bicyclic) bond motifs is 2. The first-order chi connectivity index (χ1) is 36.5. The third-order valence-corrected chi connectivity index (χ3v) is 12.4. The van der Waals surface area contributed by atoms with Crippen LogP contribution in [-0.2, 0) is 36.8 Å². The van der Waals surface area contributed by atoms with Gasteiger partial charge in [0.15, 0.2) is 63.6 Å². The second-order valence-corrected chi connectivity index (χ2v) is 20.1. The molecule has 1 amide bonds. The van der Waals surface area contributed by atoms with Crippen molar-refractivity contribution >= 4 is 40.7 Å². The van der Waals surface area contributed by atoms with E-state index in [1.165, 1.54) is 35.5 Å². The Kier molecular flexibility index (Phi) is 22.9. The van der Waals surface area contributed by atoms with Gasteiger partial charge in [-0.2, -0.15) is 0 Å². The predicted molar refractivity (Wildman–Crippen MR) is 289 cm³/mol. The quantitative estimate of drug-likeness (QED) is 0.0842. The van der Waals surface area contributed by atoms with Crippen LogP contribution in [-0.4, -0.2) is 104 Å². The van der Waals surface area contributed by atoms with E-state index >= 15 is 0 Å². The Morgan fingerprint density at radius 2 is 0.923 bits per heavy atom. The molecule has 0 spiro atoms. The minimum Gasteiger partial charge on any atom is -1.00 e. The monoisotopic (exact) mass is 1100 g/mol. The fourth-order valence-corrected chi connectivity index (χ4v) is 9.02. The molecule has 78 heavy (non-hydrogen) atoms. The lowest BCUT2D eigenvalue weighted by Crippen LogP contribution is -3.00. The Morgan fingerprint density at radius 3 is 1.28 bits per heavy atom. The van der Waals surface area contributed by atoms with E-state index in [9.17, 15) is 24.0 Å². The van der Waals surface area contributed by atoms with Crippen LogP contribution in [0.4, 0.5) is 4.79 Å². The maximum Gasteiger partial charge on any atom is 0.408 e. The SMILES string of the molecule is COc1ccc(C2=CC(=O)CCc3c2cc(OC)c(OC)c3OC)cc1OC(=O)[C@@H]([NH3+])CC(C)C.COc1ccc(C2=CC(=O)CCc3c2cc(OC)c(OC)c3OC)cc1OC(=O)[C@H](CC(C)C)NC(=O)OC(C)(C)C.[Cl-]. The van der Waals surface area contributed by atoms with Gasteiger partial charge in [-0.25, -0.2) is 14.4 Å². The van der Waals surface area contributed by atoms with E-state index in [0.717, 1.165) is 22.3 Å². The fourth-order valence-electron chi connectivity index (χ4n) is 9.02. The molecule has 4 aromatic rings. The molecule has 19 heteroatoms. The van der Waals surface area contributed by atoms with Crippen molar-refractivity contribution in [3.8, 4) is 57.5 Å². The van der Waals surface area contributed by atoms with E-state index in [1.807, 2.05) is 39.8 Å². The number of amides is 1. The molecule has 2 aliphatic rings. The summed E-state index contributed by atoms with van der Waals surface area (Å²) in [4.78, 5) is 64.2. The van der Waals surface area contributed by atoms with Crippen LogP contribution >= 0.6 is 0 Å². The summed E-state index contributed by atoms with van der Waals surface area (Å²) in [7, 11) is 12.2. The number of alkyl carbamates (subject to hydrolysis) is 1. The first-order valence-electron chi connectivity index (χ1n) is 25.3. The summed E-state index contributed by atoms with van der Waals surface area (Å²) in [5.41, 5.74) is 8.88. The molecule has 0 radical (unpaired) electrons. The number of carbonyl (C=O) groups excluding carboxylic acids is 5. The minimum absolute atomic E-state index is 0. The number of hydrogen-bond acceptors (Lipinski definition) is 16. The Bertz CT molecular complexity index is 2880. The van der Waals surface area contributed by atoms with Gasteiger partial charge in [-0.05, 0) is 134 Å². The van der Waals surface area contributed by atoms with Crippen LogP contribution in [0.15, 0.2) is 60.7 Å². The maximum atomic E-state index is 13.4. The number of halogens is 1. The number of esters is 2. The van der Waals surface area contributed by atoms with Crippen molar-refractivity contribution in [2.45, 2.75) is 105 Å². The first kappa shape index (κ1) is 63.1. The van der Waals surface area contributed by atoms with Crippen LogP contribution in [0.25, 0.3) is 11.1 Å². The second-order valence-electron chi connectivity index (χ2n) is 20.1. The number of ketones is 2. The molecular weight excluding hydrogens is 1030 g/mol. The van der Waals surface area contributed by atoms with Crippen molar-refractivity contribution in [1.29, 1.82) is 0 Å². The third kappa shape index (κ3) is 15.6. The summed E-state index contributed by atoms with van der Waals surface area (Å²) in [6, 6.07) is 12.5. The van der Waals surface area contributed by atoms with Gasteiger partial charge in [-0.3, -0.25) is 9.59 Å². The first-order valence-corrected chi connectivity index (χ1v) is 25.3. The van der Waals surface area contributed by atoms with E-state index in [-0.39, 0.29) is 47.8 Å². The number of benzene rings is 4. The number of carbonyl (C=O) groups is 5. The highest BCUT2D eigenvalue weighted by Gasteiger charge is 2.31. The van der Waals surface area contributed by atoms with E-state index in [2.05, 4.69) is 11.1 Å². The molecular formula is C59H75ClN2O16. The summed E-state index contributed by atoms with van der Waals surface area (Å²) in [6.45, 7) is 13.1. The van der Waals surface area contributed by atoms with Crippen LogP contribution in [0.1, 0.15) is 108 Å². The smallest absolute Gasteiger partial charge is 0.408 e. The Labute approximate surface area is 463 Å². The van der Waals surface area contributed by atoms with E-state index < -0.39 is 35.7 Å². The number of hydrogen-bond donors (Lipinski definition) is 2. The molecule has 0 bridgehead atoms. The van der Waals surface area contributed by atoms with Crippen LogP contribution in [0.2, 0.25) is 0 Å². The van der Waals surface area contributed by atoms with Gasteiger partial charge < -0.3 is 75.6 Å². The van der Waals surface area contributed by atoms with Gasteiger partial charge in [-0.1, -0.05) is 39.8 Å². The lowest BCUT2D eigenvalue weighted by atomic mass is 9.92.